The second kappa shape index (κ2) is 6.88. The van der Waals surface area contributed by atoms with Gasteiger partial charge in [-0.1, -0.05) is 23.7 Å². The average molecular weight is 367 g/mol. The molecule has 6 nitrogen and oxygen atoms in total. The number of carbonyl (C=O) groups is 2. The first-order valence-corrected chi connectivity index (χ1v) is 8.57. The predicted octanol–water partition coefficient (Wildman–Crippen LogP) is 2.83. The van der Waals surface area contributed by atoms with Crippen molar-refractivity contribution in [2.45, 2.75) is 18.4 Å². The molecular weight excluding hydrogens is 352 g/mol. The molecule has 24 heavy (non-hydrogen) atoms. The van der Waals surface area contributed by atoms with Gasteiger partial charge in [0.15, 0.2) is 0 Å². The molecule has 126 valence electrons. The van der Waals surface area contributed by atoms with Gasteiger partial charge >= 0.3 is 5.97 Å². The Kier molecular flexibility index (Phi) is 4.84. The molecule has 0 bridgehead atoms. The molecule has 1 saturated heterocycles. The highest BCUT2D eigenvalue weighted by molar-refractivity contribution is 7.13. The van der Waals surface area contributed by atoms with Gasteiger partial charge in [-0.15, -0.1) is 11.3 Å². The Balaban J connectivity index is 1.75. The van der Waals surface area contributed by atoms with E-state index in [9.17, 15) is 9.59 Å². The molecule has 1 fully saturated rings. The molecule has 1 unspecified atom stereocenters. The Morgan fingerprint density at radius 3 is 2.75 bits per heavy atom. The summed E-state index contributed by atoms with van der Waals surface area (Å²) in [6.07, 6.45) is 0.298. The van der Waals surface area contributed by atoms with Crippen LogP contribution in [0.5, 0.6) is 0 Å². The monoisotopic (exact) mass is 366 g/mol. The molecule has 2 N–H and O–H groups in total. The van der Waals surface area contributed by atoms with Gasteiger partial charge in [0.1, 0.15) is 10.7 Å². The van der Waals surface area contributed by atoms with E-state index in [1.54, 1.807) is 17.5 Å². The zero-order valence-corrected chi connectivity index (χ0v) is 14.2. The minimum Gasteiger partial charge on any atom is -0.481 e. The van der Waals surface area contributed by atoms with Gasteiger partial charge in [-0.3, -0.25) is 9.59 Å². The van der Waals surface area contributed by atoms with Gasteiger partial charge in [-0.25, -0.2) is 4.98 Å². The summed E-state index contributed by atoms with van der Waals surface area (Å²) in [4.78, 5) is 27.9. The first-order valence-electron chi connectivity index (χ1n) is 7.31. The number of thiazole rings is 1. The first kappa shape index (κ1) is 16.9. The van der Waals surface area contributed by atoms with Crippen LogP contribution in [0.1, 0.15) is 23.3 Å². The zero-order chi connectivity index (χ0) is 17.2. The summed E-state index contributed by atoms with van der Waals surface area (Å²) in [7, 11) is 0. The van der Waals surface area contributed by atoms with Crippen LogP contribution < -0.4 is 5.32 Å². The van der Waals surface area contributed by atoms with Gasteiger partial charge < -0.3 is 15.2 Å². The standard InChI is InChI=1S/C16H15ClN2O4S/c17-11-3-1-10(2-4-11)15-18-12(8-24-15)14(22)19-16(7-13(20)21)5-6-23-9-16/h1-4,8H,5-7,9H2,(H,19,22)(H,20,21). The van der Waals surface area contributed by atoms with E-state index in [-0.39, 0.29) is 18.7 Å². The normalized spacial score (nSPS) is 20.0. The third-order valence-corrected chi connectivity index (χ3v) is 4.94. The zero-order valence-electron chi connectivity index (χ0n) is 12.6. The fourth-order valence-electron chi connectivity index (χ4n) is 2.59. The minimum atomic E-state index is -0.971. The van der Waals surface area contributed by atoms with Crippen LogP contribution >= 0.6 is 22.9 Å². The maximum Gasteiger partial charge on any atom is 0.305 e. The lowest BCUT2D eigenvalue weighted by molar-refractivity contribution is -0.138. The predicted molar refractivity (Wildman–Crippen MR) is 90.4 cm³/mol. The number of carboxylic acids is 1. The maximum atomic E-state index is 12.4. The number of halogens is 1. The smallest absolute Gasteiger partial charge is 0.305 e. The Bertz CT molecular complexity index is 754. The second-order valence-corrected chi connectivity index (χ2v) is 6.95. The fraction of sp³-hybridized carbons (Fsp3) is 0.312. The van der Waals surface area contributed by atoms with Crippen molar-refractivity contribution in [3.63, 3.8) is 0 Å². The molecule has 0 spiro atoms. The van der Waals surface area contributed by atoms with Crippen LogP contribution in [-0.4, -0.2) is 40.7 Å². The number of carboxylic acid groups (broad SMARTS) is 1. The number of ether oxygens (including phenoxy) is 1. The van der Waals surface area contributed by atoms with Gasteiger partial charge in [-0.05, 0) is 18.6 Å². The highest BCUT2D eigenvalue weighted by Gasteiger charge is 2.39. The van der Waals surface area contributed by atoms with E-state index in [1.807, 2.05) is 12.1 Å². The second-order valence-electron chi connectivity index (χ2n) is 5.65. The van der Waals surface area contributed by atoms with Crippen molar-refractivity contribution in [1.29, 1.82) is 0 Å². The fourth-order valence-corrected chi connectivity index (χ4v) is 3.52. The average Bonchev–Trinajstić information content (AvgIpc) is 3.17. The molecule has 2 aromatic rings. The van der Waals surface area contributed by atoms with E-state index in [0.29, 0.717) is 23.1 Å². The van der Waals surface area contributed by atoms with Crippen LogP contribution in [0.15, 0.2) is 29.6 Å². The number of amides is 1. The summed E-state index contributed by atoms with van der Waals surface area (Å²) in [6.45, 7) is 0.625. The molecule has 0 radical (unpaired) electrons. The van der Waals surface area contributed by atoms with Crippen LogP contribution in [-0.2, 0) is 9.53 Å². The van der Waals surface area contributed by atoms with Crippen LogP contribution in [0.25, 0.3) is 10.6 Å². The largest absolute Gasteiger partial charge is 0.481 e. The van der Waals surface area contributed by atoms with Crippen LogP contribution in [0, 0.1) is 0 Å². The lowest BCUT2D eigenvalue weighted by Gasteiger charge is -2.26. The third kappa shape index (κ3) is 3.75. The van der Waals surface area contributed by atoms with Crippen molar-refractivity contribution < 1.29 is 19.4 Å². The van der Waals surface area contributed by atoms with E-state index in [2.05, 4.69) is 10.3 Å². The Labute approximate surface area is 147 Å². The number of hydrogen-bond acceptors (Lipinski definition) is 5. The molecule has 1 amide bonds. The molecule has 0 saturated carbocycles. The van der Waals surface area contributed by atoms with E-state index in [0.717, 1.165) is 5.56 Å². The van der Waals surface area contributed by atoms with Crippen molar-refractivity contribution >= 4 is 34.8 Å². The molecule has 1 aromatic heterocycles. The minimum absolute atomic E-state index is 0.174. The number of rotatable bonds is 5. The topological polar surface area (TPSA) is 88.5 Å². The number of aromatic nitrogens is 1. The summed E-state index contributed by atoms with van der Waals surface area (Å²) in [5.74, 6) is -1.36. The number of benzene rings is 1. The summed E-state index contributed by atoms with van der Waals surface area (Å²) in [6, 6.07) is 7.19. The van der Waals surface area contributed by atoms with Gasteiger partial charge in [0.25, 0.3) is 5.91 Å². The molecule has 1 aromatic carbocycles. The van der Waals surface area contributed by atoms with E-state index in [4.69, 9.17) is 21.4 Å². The number of hydrogen-bond donors (Lipinski definition) is 2. The summed E-state index contributed by atoms with van der Waals surface area (Å²) in [5, 5.41) is 14.8. The molecule has 8 heteroatoms. The third-order valence-electron chi connectivity index (χ3n) is 3.80. The maximum absolute atomic E-state index is 12.4. The summed E-state index contributed by atoms with van der Waals surface area (Å²) >= 11 is 7.21. The molecular formula is C16H15ClN2O4S. The van der Waals surface area contributed by atoms with Crippen LogP contribution in [0.2, 0.25) is 5.02 Å². The number of aliphatic carboxylic acids is 1. The summed E-state index contributed by atoms with van der Waals surface area (Å²) in [5.41, 5.74) is 0.266. The van der Waals surface area contributed by atoms with Crippen molar-refractivity contribution in [1.82, 2.24) is 10.3 Å². The Morgan fingerprint density at radius 2 is 2.12 bits per heavy atom. The molecule has 1 atom stereocenters. The highest BCUT2D eigenvalue weighted by atomic mass is 35.5. The quantitative estimate of drug-likeness (QED) is 0.849. The van der Waals surface area contributed by atoms with Crippen molar-refractivity contribution in [2.24, 2.45) is 0 Å². The van der Waals surface area contributed by atoms with Gasteiger partial charge in [0, 0.05) is 22.6 Å². The number of nitrogens with one attached hydrogen (secondary N) is 1. The molecule has 2 heterocycles. The Hall–Kier alpha value is -1.96. The molecule has 1 aliphatic rings. The molecule has 0 aliphatic carbocycles. The van der Waals surface area contributed by atoms with E-state index >= 15 is 0 Å². The van der Waals surface area contributed by atoms with Crippen molar-refractivity contribution in [3.8, 4) is 10.6 Å². The SMILES string of the molecule is O=C(O)CC1(NC(=O)c2csc(-c3ccc(Cl)cc3)n2)CCOC1. The summed E-state index contributed by atoms with van der Waals surface area (Å²) < 4.78 is 5.28. The van der Waals surface area contributed by atoms with Crippen LogP contribution in [0.4, 0.5) is 0 Å². The van der Waals surface area contributed by atoms with Gasteiger partial charge in [0.2, 0.25) is 0 Å². The molecule has 3 rings (SSSR count). The lowest BCUT2D eigenvalue weighted by atomic mass is 9.94. The first-order chi connectivity index (χ1) is 11.5. The number of nitrogens with zero attached hydrogens (tertiary/aromatic N) is 1. The van der Waals surface area contributed by atoms with Crippen LogP contribution in [0.3, 0.4) is 0 Å². The van der Waals surface area contributed by atoms with E-state index in [1.165, 1.54) is 11.3 Å². The van der Waals surface area contributed by atoms with Gasteiger partial charge in [-0.2, -0.15) is 0 Å². The van der Waals surface area contributed by atoms with Gasteiger partial charge in [0.05, 0.1) is 18.6 Å². The Morgan fingerprint density at radius 1 is 1.38 bits per heavy atom. The molecule has 1 aliphatic heterocycles. The number of carbonyl (C=O) groups excluding carboxylic acids is 1. The lowest BCUT2D eigenvalue weighted by Crippen LogP contribution is -2.50. The van der Waals surface area contributed by atoms with E-state index < -0.39 is 17.4 Å². The highest BCUT2D eigenvalue weighted by Crippen LogP contribution is 2.27. The van der Waals surface area contributed by atoms with Crippen molar-refractivity contribution in [3.05, 3.63) is 40.4 Å². The van der Waals surface area contributed by atoms with Crippen molar-refractivity contribution in [2.75, 3.05) is 13.2 Å².